The summed E-state index contributed by atoms with van der Waals surface area (Å²) >= 11 is 5.81. The van der Waals surface area contributed by atoms with E-state index in [0.717, 1.165) is 0 Å². The topological polar surface area (TPSA) is 72.3 Å². The van der Waals surface area contributed by atoms with Gasteiger partial charge in [-0.15, -0.1) is 0 Å². The Kier molecular flexibility index (Phi) is 3.74. The molecule has 0 saturated heterocycles. The minimum absolute atomic E-state index is 0.0431. The molecule has 0 atom stereocenters. The van der Waals surface area contributed by atoms with E-state index in [1.807, 2.05) is 0 Å². The fourth-order valence-electron chi connectivity index (χ4n) is 1.24. The number of carboxylic acids is 1. The van der Waals surface area contributed by atoms with Crippen molar-refractivity contribution in [2.24, 2.45) is 0 Å². The second-order valence-corrected chi connectivity index (χ2v) is 3.88. The number of hydrogen-bond acceptors (Lipinski definition) is 4. The Morgan fingerprint density at radius 3 is 2.67 bits per heavy atom. The summed E-state index contributed by atoms with van der Waals surface area (Å²) in [5.41, 5.74) is 0.0431. The number of carbonyl (C=O) groups is 1. The van der Waals surface area contributed by atoms with Crippen LogP contribution in [0.4, 0.5) is 0 Å². The van der Waals surface area contributed by atoms with Gasteiger partial charge in [-0.05, 0) is 18.2 Å². The summed E-state index contributed by atoms with van der Waals surface area (Å²) in [5, 5.41) is 9.27. The highest BCUT2D eigenvalue weighted by Crippen LogP contribution is 2.17. The van der Waals surface area contributed by atoms with Gasteiger partial charge in [0.25, 0.3) is 0 Å². The first-order valence-electron chi connectivity index (χ1n) is 5.08. The van der Waals surface area contributed by atoms with Crippen LogP contribution in [0.5, 0.6) is 5.75 Å². The molecule has 92 valence electrons. The molecular weight excluding hydrogens is 256 g/mol. The Labute approximate surface area is 108 Å². The zero-order valence-corrected chi connectivity index (χ0v) is 9.96. The fourth-order valence-corrected chi connectivity index (χ4v) is 1.42. The summed E-state index contributed by atoms with van der Waals surface area (Å²) in [7, 11) is 0. The maximum absolute atomic E-state index is 10.6. The largest absolute Gasteiger partial charge is 0.486 e. The smallest absolute Gasteiger partial charge is 0.338 e. The van der Waals surface area contributed by atoms with Crippen molar-refractivity contribution in [1.82, 2.24) is 9.97 Å². The van der Waals surface area contributed by atoms with E-state index in [1.54, 1.807) is 24.3 Å². The van der Waals surface area contributed by atoms with Gasteiger partial charge in [-0.1, -0.05) is 17.7 Å². The molecule has 0 aliphatic heterocycles. The lowest BCUT2D eigenvalue weighted by Gasteiger charge is -2.05. The first-order valence-corrected chi connectivity index (χ1v) is 5.45. The summed E-state index contributed by atoms with van der Waals surface area (Å²) in [5.74, 6) is -0.0503. The van der Waals surface area contributed by atoms with Gasteiger partial charge in [0.15, 0.2) is 5.82 Å². The molecular formula is C12H9ClN2O3. The molecule has 2 rings (SSSR count). The first-order chi connectivity index (χ1) is 8.65. The number of benzene rings is 1. The van der Waals surface area contributed by atoms with Crippen LogP contribution in [0.2, 0.25) is 5.02 Å². The van der Waals surface area contributed by atoms with E-state index in [0.29, 0.717) is 16.6 Å². The van der Waals surface area contributed by atoms with Gasteiger partial charge in [-0.2, -0.15) is 0 Å². The third-order valence-corrected chi connectivity index (χ3v) is 2.35. The van der Waals surface area contributed by atoms with Crippen molar-refractivity contribution >= 4 is 17.6 Å². The van der Waals surface area contributed by atoms with E-state index in [9.17, 15) is 4.79 Å². The first kappa shape index (κ1) is 12.3. The van der Waals surface area contributed by atoms with Crippen LogP contribution in [0.15, 0.2) is 36.7 Å². The number of ether oxygens (including phenoxy) is 1. The number of rotatable bonds is 4. The van der Waals surface area contributed by atoms with Crippen molar-refractivity contribution in [2.75, 3.05) is 0 Å². The molecule has 6 heteroatoms. The Balaban J connectivity index is 2.00. The van der Waals surface area contributed by atoms with E-state index in [2.05, 4.69) is 9.97 Å². The molecule has 0 aliphatic carbocycles. The highest BCUT2D eigenvalue weighted by atomic mass is 35.5. The van der Waals surface area contributed by atoms with Gasteiger partial charge < -0.3 is 9.84 Å². The van der Waals surface area contributed by atoms with Crippen molar-refractivity contribution in [1.29, 1.82) is 0 Å². The van der Waals surface area contributed by atoms with E-state index in [4.69, 9.17) is 21.4 Å². The van der Waals surface area contributed by atoms with Gasteiger partial charge in [-0.3, -0.25) is 0 Å². The van der Waals surface area contributed by atoms with E-state index in [1.165, 1.54) is 12.4 Å². The molecule has 0 radical (unpaired) electrons. The third-order valence-electron chi connectivity index (χ3n) is 2.12. The number of nitrogens with zero attached hydrogens (tertiary/aromatic N) is 2. The molecule has 0 bridgehead atoms. The summed E-state index contributed by atoms with van der Waals surface area (Å²) < 4.78 is 5.42. The lowest BCUT2D eigenvalue weighted by molar-refractivity contribution is 0.0695. The minimum Gasteiger partial charge on any atom is -0.486 e. The average Bonchev–Trinajstić information content (AvgIpc) is 2.37. The molecule has 0 aliphatic rings. The molecule has 1 heterocycles. The Morgan fingerprint density at radius 2 is 2.06 bits per heavy atom. The molecule has 0 unspecified atom stereocenters. The van der Waals surface area contributed by atoms with Gasteiger partial charge in [0, 0.05) is 17.4 Å². The van der Waals surface area contributed by atoms with Crippen molar-refractivity contribution in [2.45, 2.75) is 6.61 Å². The van der Waals surface area contributed by atoms with Crippen molar-refractivity contribution in [3.63, 3.8) is 0 Å². The standard InChI is InChI=1S/C12H9ClN2O3/c13-9-2-1-3-10(4-9)18-7-11-14-5-8(6-15-11)12(16)17/h1-6H,7H2,(H,16,17). The van der Waals surface area contributed by atoms with Gasteiger partial charge >= 0.3 is 5.97 Å². The lowest BCUT2D eigenvalue weighted by Crippen LogP contribution is -2.04. The van der Waals surface area contributed by atoms with Crippen LogP contribution in [-0.4, -0.2) is 21.0 Å². The van der Waals surface area contributed by atoms with Gasteiger partial charge in [-0.25, -0.2) is 14.8 Å². The van der Waals surface area contributed by atoms with Crippen LogP contribution >= 0.6 is 11.6 Å². The molecule has 1 aromatic carbocycles. The van der Waals surface area contributed by atoms with Crippen LogP contribution in [-0.2, 0) is 6.61 Å². The minimum atomic E-state index is -1.06. The molecule has 2 aromatic rings. The Bertz CT molecular complexity index is 558. The second kappa shape index (κ2) is 5.46. The van der Waals surface area contributed by atoms with Gasteiger partial charge in [0.2, 0.25) is 0 Å². The number of hydrogen-bond donors (Lipinski definition) is 1. The lowest BCUT2D eigenvalue weighted by atomic mass is 10.3. The summed E-state index contributed by atoms with van der Waals surface area (Å²) in [4.78, 5) is 18.4. The van der Waals surface area contributed by atoms with Crippen LogP contribution in [0, 0.1) is 0 Å². The second-order valence-electron chi connectivity index (χ2n) is 3.44. The molecule has 5 nitrogen and oxygen atoms in total. The monoisotopic (exact) mass is 264 g/mol. The third kappa shape index (κ3) is 3.18. The van der Waals surface area contributed by atoms with E-state index < -0.39 is 5.97 Å². The molecule has 18 heavy (non-hydrogen) atoms. The highest BCUT2D eigenvalue weighted by molar-refractivity contribution is 6.30. The molecule has 0 fully saturated rings. The quantitative estimate of drug-likeness (QED) is 0.918. The number of carboxylic acid groups (broad SMARTS) is 1. The van der Waals surface area contributed by atoms with Crippen molar-refractivity contribution in [3.05, 3.63) is 53.1 Å². The Morgan fingerprint density at radius 1 is 1.33 bits per heavy atom. The van der Waals surface area contributed by atoms with Crippen LogP contribution < -0.4 is 4.74 Å². The van der Waals surface area contributed by atoms with E-state index in [-0.39, 0.29) is 12.2 Å². The van der Waals surface area contributed by atoms with Crippen LogP contribution in [0.3, 0.4) is 0 Å². The molecule has 0 amide bonds. The molecule has 1 aromatic heterocycles. The number of aromatic nitrogens is 2. The molecule has 0 saturated carbocycles. The average molecular weight is 265 g/mol. The zero-order valence-electron chi connectivity index (χ0n) is 9.21. The van der Waals surface area contributed by atoms with Gasteiger partial charge in [0.05, 0.1) is 5.56 Å². The van der Waals surface area contributed by atoms with Crippen LogP contribution in [0.25, 0.3) is 0 Å². The van der Waals surface area contributed by atoms with Gasteiger partial charge in [0.1, 0.15) is 12.4 Å². The number of aromatic carboxylic acids is 1. The van der Waals surface area contributed by atoms with Crippen molar-refractivity contribution in [3.8, 4) is 5.75 Å². The van der Waals surface area contributed by atoms with Crippen molar-refractivity contribution < 1.29 is 14.6 Å². The fraction of sp³-hybridized carbons (Fsp3) is 0.0833. The maximum Gasteiger partial charge on any atom is 0.338 e. The Hall–Kier alpha value is -2.14. The molecule has 1 N–H and O–H groups in total. The maximum atomic E-state index is 10.6. The summed E-state index contributed by atoms with van der Waals surface area (Å²) in [6.07, 6.45) is 2.48. The highest BCUT2D eigenvalue weighted by Gasteiger charge is 2.04. The normalized spacial score (nSPS) is 10.1. The summed E-state index contributed by atoms with van der Waals surface area (Å²) in [6.45, 7) is 0.153. The van der Waals surface area contributed by atoms with E-state index >= 15 is 0 Å². The predicted octanol–water partition coefficient (Wildman–Crippen LogP) is 2.41. The van der Waals surface area contributed by atoms with Crippen LogP contribution in [0.1, 0.15) is 16.2 Å². The predicted molar refractivity (Wildman–Crippen MR) is 64.8 cm³/mol. The summed E-state index contributed by atoms with van der Waals surface area (Å²) in [6, 6.07) is 6.95. The zero-order chi connectivity index (χ0) is 13.0. The number of halogens is 1. The molecule has 0 spiro atoms. The SMILES string of the molecule is O=C(O)c1cnc(COc2cccc(Cl)c2)nc1.